The highest BCUT2D eigenvalue weighted by molar-refractivity contribution is 8.00. The first-order chi connectivity index (χ1) is 18.4. The predicted molar refractivity (Wildman–Crippen MR) is 169 cm³/mol. The minimum Gasteiger partial charge on any atom is -0.417 e. The highest BCUT2D eigenvalue weighted by Crippen LogP contribution is 2.51. The zero-order valence-corrected chi connectivity index (χ0v) is 27.1. The van der Waals surface area contributed by atoms with Crippen molar-refractivity contribution in [3.8, 4) is 0 Å². The largest absolute Gasteiger partial charge is 0.417 e. The zero-order chi connectivity index (χ0) is 28.5. The van der Waals surface area contributed by atoms with E-state index in [4.69, 9.17) is 9.16 Å². The van der Waals surface area contributed by atoms with Gasteiger partial charge in [0.1, 0.15) is 5.78 Å². The molecule has 0 N–H and O–H groups in total. The third-order valence-electron chi connectivity index (χ3n) is 8.96. The van der Waals surface area contributed by atoms with Crippen molar-refractivity contribution >= 4 is 25.9 Å². The molecule has 39 heavy (non-hydrogen) atoms. The van der Waals surface area contributed by atoms with Crippen molar-refractivity contribution in [1.82, 2.24) is 0 Å². The van der Waals surface area contributed by atoms with Gasteiger partial charge in [-0.05, 0) is 74.4 Å². The molecule has 0 amide bonds. The Kier molecular flexibility index (Phi) is 11.7. The Morgan fingerprint density at radius 1 is 1.10 bits per heavy atom. The Bertz CT molecular complexity index is 1060. The number of hydrogen-bond acceptors (Lipinski definition) is 4. The maximum absolute atomic E-state index is 13.6. The van der Waals surface area contributed by atoms with Crippen molar-refractivity contribution in [2.75, 3.05) is 13.2 Å². The van der Waals surface area contributed by atoms with Gasteiger partial charge >= 0.3 is 0 Å². The fourth-order valence-corrected chi connectivity index (χ4v) is 7.49. The van der Waals surface area contributed by atoms with Crippen molar-refractivity contribution < 1.29 is 14.0 Å². The molecular formula is C34H50O3SSi. The number of hydrogen-bond donors (Lipinski definition) is 0. The maximum atomic E-state index is 13.6. The molecule has 214 valence electrons. The van der Waals surface area contributed by atoms with E-state index >= 15 is 0 Å². The van der Waals surface area contributed by atoms with Crippen molar-refractivity contribution in [3.63, 3.8) is 0 Å². The molecule has 0 heterocycles. The van der Waals surface area contributed by atoms with Gasteiger partial charge in [0.05, 0.1) is 6.61 Å². The summed E-state index contributed by atoms with van der Waals surface area (Å²) in [5.74, 6) is 0.653. The summed E-state index contributed by atoms with van der Waals surface area (Å²) in [5.41, 5.74) is 2.19. The van der Waals surface area contributed by atoms with Crippen molar-refractivity contribution in [3.05, 3.63) is 77.9 Å². The molecular weight excluding hydrogens is 517 g/mol. The summed E-state index contributed by atoms with van der Waals surface area (Å²) >= 11 is 1.87. The third kappa shape index (κ3) is 8.91. The first-order valence-corrected chi connectivity index (χ1v) is 18.4. The molecule has 1 aliphatic carbocycles. The van der Waals surface area contributed by atoms with Crippen LogP contribution in [0.3, 0.4) is 0 Å². The van der Waals surface area contributed by atoms with Crippen LogP contribution in [0.4, 0.5) is 0 Å². The Labute approximate surface area is 243 Å². The first-order valence-electron chi connectivity index (χ1n) is 14.6. The first kappa shape index (κ1) is 31.9. The van der Waals surface area contributed by atoms with Crippen LogP contribution in [-0.4, -0.2) is 32.6 Å². The van der Waals surface area contributed by atoms with E-state index < -0.39 is 13.7 Å². The molecule has 2 aromatic carbocycles. The van der Waals surface area contributed by atoms with Crippen LogP contribution in [0, 0.1) is 11.3 Å². The normalized spacial score (nSPS) is 21.4. The molecule has 0 spiro atoms. The molecule has 0 saturated heterocycles. The second kappa shape index (κ2) is 14.3. The molecule has 0 aliphatic heterocycles. The minimum absolute atomic E-state index is 0.162. The van der Waals surface area contributed by atoms with Crippen LogP contribution >= 0.6 is 11.8 Å². The number of rotatable bonds is 14. The van der Waals surface area contributed by atoms with E-state index in [1.807, 2.05) is 17.8 Å². The highest BCUT2D eigenvalue weighted by atomic mass is 32.2. The number of carbonyl (C=O) groups excluding carboxylic acids is 1. The van der Waals surface area contributed by atoms with Gasteiger partial charge in [0.2, 0.25) is 0 Å². The van der Waals surface area contributed by atoms with E-state index in [2.05, 4.69) is 108 Å². The molecule has 1 aliphatic rings. The van der Waals surface area contributed by atoms with E-state index in [0.29, 0.717) is 25.4 Å². The zero-order valence-electron chi connectivity index (χ0n) is 25.3. The topological polar surface area (TPSA) is 35.5 Å². The molecule has 3 nitrogen and oxygen atoms in total. The summed E-state index contributed by atoms with van der Waals surface area (Å²) in [7, 11) is -1.89. The van der Waals surface area contributed by atoms with Crippen LogP contribution in [0.2, 0.25) is 18.1 Å². The number of ketones is 1. The van der Waals surface area contributed by atoms with Crippen LogP contribution < -0.4 is 0 Å². The van der Waals surface area contributed by atoms with E-state index in [1.54, 1.807) is 0 Å². The van der Waals surface area contributed by atoms with Crippen LogP contribution in [0.25, 0.3) is 0 Å². The summed E-state index contributed by atoms with van der Waals surface area (Å²) in [6.07, 6.45) is 6.87. The number of ether oxygens (including phenoxy) is 1. The number of carbonyl (C=O) groups is 1. The van der Waals surface area contributed by atoms with Crippen LogP contribution in [0.1, 0.15) is 72.3 Å². The summed E-state index contributed by atoms with van der Waals surface area (Å²) in [5, 5.41) is 0.335. The summed E-state index contributed by atoms with van der Waals surface area (Å²) in [6, 6.07) is 20.9. The molecule has 2 aromatic rings. The van der Waals surface area contributed by atoms with Gasteiger partial charge in [-0.3, -0.25) is 4.79 Å². The molecule has 3 unspecified atom stereocenters. The van der Waals surface area contributed by atoms with Gasteiger partial charge in [-0.25, -0.2) is 0 Å². The number of allylic oxidation sites excluding steroid dienone is 2. The Morgan fingerprint density at radius 2 is 1.74 bits per heavy atom. The predicted octanol–water partition coefficient (Wildman–Crippen LogP) is 9.49. The number of Topliss-reactive ketones (excluding diaryl/α,β-unsaturated/α-hetero) is 1. The van der Waals surface area contributed by atoms with E-state index in [0.717, 1.165) is 32.3 Å². The SMILES string of the molecule is C/C(=C\CC(Sc1ccccc1)C1(C)C(=O)CCC1CO[Si](C)(C)C(C)(C)C)CCCOCc1ccccc1. The van der Waals surface area contributed by atoms with Crippen molar-refractivity contribution in [1.29, 1.82) is 0 Å². The highest BCUT2D eigenvalue weighted by Gasteiger charge is 2.52. The minimum atomic E-state index is -1.89. The molecule has 5 heteroatoms. The molecule has 0 radical (unpaired) electrons. The van der Waals surface area contributed by atoms with Gasteiger partial charge in [-0.15, -0.1) is 11.8 Å². The summed E-state index contributed by atoms with van der Waals surface area (Å²) in [4.78, 5) is 14.8. The van der Waals surface area contributed by atoms with Crippen LogP contribution in [0.5, 0.6) is 0 Å². The van der Waals surface area contributed by atoms with E-state index in [9.17, 15) is 4.79 Å². The second-order valence-corrected chi connectivity index (χ2v) is 18.9. The second-order valence-electron chi connectivity index (χ2n) is 12.9. The van der Waals surface area contributed by atoms with Crippen molar-refractivity contribution in [2.45, 2.75) is 102 Å². The average Bonchev–Trinajstić information content (AvgIpc) is 3.19. The molecule has 3 atom stereocenters. The lowest BCUT2D eigenvalue weighted by molar-refractivity contribution is -0.126. The lowest BCUT2D eigenvalue weighted by Gasteiger charge is -2.41. The van der Waals surface area contributed by atoms with Gasteiger partial charge in [0, 0.05) is 35.2 Å². The van der Waals surface area contributed by atoms with Gasteiger partial charge in [-0.1, -0.05) is 87.9 Å². The molecule has 1 saturated carbocycles. The smallest absolute Gasteiger partial charge is 0.191 e. The summed E-state index contributed by atoms with van der Waals surface area (Å²) in [6.45, 7) is 18.0. The van der Waals surface area contributed by atoms with Crippen LogP contribution in [0.15, 0.2) is 77.2 Å². The quantitative estimate of drug-likeness (QED) is 0.0987. The molecule has 0 bridgehead atoms. The molecule has 1 fully saturated rings. The third-order valence-corrected chi connectivity index (χ3v) is 15.0. The summed E-state index contributed by atoms with van der Waals surface area (Å²) < 4.78 is 12.6. The van der Waals surface area contributed by atoms with Crippen molar-refractivity contribution in [2.24, 2.45) is 11.3 Å². The molecule has 3 rings (SSSR count). The van der Waals surface area contributed by atoms with Crippen LogP contribution in [-0.2, 0) is 20.6 Å². The Hall–Kier alpha value is -1.66. The Balaban J connectivity index is 1.67. The van der Waals surface area contributed by atoms with Gasteiger partial charge in [-0.2, -0.15) is 0 Å². The van der Waals surface area contributed by atoms with E-state index in [-0.39, 0.29) is 16.2 Å². The Morgan fingerprint density at radius 3 is 2.38 bits per heavy atom. The monoisotopic (exact) mass is 566 g/mol. The standard InChI is InChI=1S/C34H50O3SSi/c1-27(15-14-24-36-25-28-16-10-8-11-17-28)20-23-32(38-30-18-12-9-13-19-30)34(5)29(21-22-31(34)35)26-37-39(6,7)33(2,3)4/h8-13,16-20,29,32H,14-15,21-26H2,1-7H3/b27-20+. The fraction of sp³-hybridized carbons (Fsp3) is 0.559. The van der Waals surface area contributed by atoms with Gasteiger partial charge < -0.3 is 9.16 Å². The maximum Gasteiger partial charge on any atom is 0.191 e. The van der Waals surface area contributed by atoms with Gasteiger partial charge in [0.15, 0.2) is 8.32 Å². The average molecular weight is 567 g/mol. The fourth-order valence-electron chi connectivity index (χ4n) is 5.03. The lowest BCUT2D eigenvalue weighted by atomic mass is 9.75. The van der Waals surface area contributed by atoms with Gasteiger partial charge in [0.25, 0.3) is 0 Å². The number of benzene rings is 2. The van der Waals surface area contributed by atoms with E-state index in [1.165, 1.54) is 16.0 Å². The number of thioether (sulfide) groups is 1. The molecule has 0 aromatic heterocycles. The lowest BCUT2D eigenvalue weighted by Crippen LogP contribution is -2.46.